The van der Waals surface area contributed by atoms with Gasteiger partial charge in [0.05, 0.1) is 13.2 Å². The number of nitrogens with zero attached hydrogens (tertiary/aromatic N) is 3. The van der Waals surface area contributed by atoms with Crippen LogP contribution < -0.4 is 11.1 Å². The van der Waals surface area contributed by atoms with Gasteiger partial charge in [-0.05, 0) is 6.92 Å². The number of ether oxygens (including phenoxy) is 2. The van der Waals surface area contributed by atoms with E-state index in [0.29, 0.717) is 0 Å². The molecule has 0 radical (unpaired) electrons. The largest absolute Gasteiger partial charge is 0.549 e. The van der Waals surface area contributed by atoms with Gasteiger partial charge in [-0.15, -0.1) is 23.1 Å². The average Bonchev–Trinajstić information content (AvgIpc) is 3.25. The second kappa shape index (κ2) is 10.9. The molecule has 3 N–H and O–H groups in total. The van der Waals surface area contributed by atoms with Gasteiger partial charge in [0, 0.05) is 24.8 Å². The summed E-state index contributed by atoms with van der Waals surface area (Å²) in [5.41, 5.74) is 4.42. The molecule has 14 nitrogen and oxygen atoms in total. The molecule has 2 fully saturated rings. The third-order valence-corrected chi connectivity index (χ3v) is 7.16. The minimum atomic E-state index is -1.28. The van der Waals surface area contributed by atoms with Crippen LogP contribution in [-0.2, 0) is 38.5 Å². The molecule has 1 aromatic heterocycles. The predicted molar refractivity (Wildman–Crippen MR) is 118 cm³/mol. The Hall–Kier alpha value is -3.11. The van der Waals surface area contributed by atoms with Crippen LogP contribution in [0.5, 0.6) is 0 Å². The van der Waals surface area contributed by atoms with Crippen molar-refractivity contribution in [1.29, 1.82) is 0 Å². The Morgan fingerprint density at radius 3 is 2.74 bits per heavy atom. The summed E-state index contributed by atoms with van der Waals surface area (Å²) in [6, 6.07) is -0.858. The summed E-state index contributed by atoms with van der Waals surface area (Å²) in [5, 5.41) is 7.67. The number of β-lactam (4-membered cyclic amide) rings is 1. The van der Waals surface area contributed by atoms with Gasteiger partial charge in [0.1, 0.15) is 29.6 Å². The van der Waals surface area contributed by atoms with Crippen molar-refractivity contribution in [3.8, 4) is 0 Å². The van der Waals surface area contributed by atoms with Crippen molar-refractivity contribution in [2.45, 2.75) is 18.3 Å². The highest BCUT2D eigenvalue weighted by atomic mass is 32.2. The molecular formula is C18H23N5O9S2. The van der Waals surface area contributed by atoms with E-state index >= 15 is 0 Å². The van der Waals surface area contributed by atoms with E-state index in [4.69, 9.17) is 15.3 Å². The third-order valence-electron chi connectivity index (χ3n) is 4.89. The molecular weight excluding hydrogens is 494 g/mol. The van der Waals surface area contributed by atoms with Gasteiger partial charge in [0.25, 0.3) is 5.91 Å². The Labute approximate surface area is 202 Å². The molecule has 2 saturated heterocycles. The Morgan fingerprint density at radius 2 is 2.12 bits per heavy atom. The standard InChI is InChI=1S/C18H23N5O9S2/c1-4-30-17(27)32-31-15(26)18(7-28-2)6-23-13(25)11(14(23)34-8-18)21-12(24)10(22-29-3)9-5-33-16(19)20-9/h5,11,14H,4,6-8H2,1-3H3,(H2,19,20)(H,21,24)/t11?,14-,18?/m1/s1. The van der Waals surface area contributed by atoms with Crippen molar-refractivity contribution in [2.24, 2.45) is 10.6 Å². The van der Waals surface area contributed by atoms with Crippen LogP contribution in [-0.4, -0.2) is 90.7 Å². The summed E-state index contributed by atoms with van der Waals surface area (Å²) in [7, 11) is 2.66. The first-order chi connectivity index (χ1) is 16.3. The average molecular weight is 518 g/mol. The number of fused-ring (bicyclic) bond motifs is 1. The summed E-state index contributed by atoms with van der Waals surface area (Å²) in [5.74, 6) is -1.79. The maximum Gasteiger partial charge on any atom is 0.549 e. The Bertz CT molecular complexity index is 987. The van der Waals surface area contributed by atoms with Gasteiger partial charge in [-0.1, -0.05) is 5.16 Å². The third kappa shape index (κ3) is 5.18. The number of hydrogen-bond donors (Lipinski definition) is 2. The molecule has 0 spiro atoms. The van der Waals surface area contributed by atoms with Crippen LogP contribution in [0.1, 0.15) is 12.6 Å². The molecule has 3 atom stereocenters. The Kier molecular flexibility index (Phi) is 8.16. The first kappa shape index (κ1) is 25.5. The van der Waals surface area contributed by atoms with Crippen LogP contribution >= 0.6 is 23.1 Å². The maximum atomic E-state index is 12.8. The molecule has 0 bridgehead atoms. The number of carbonyl (C=O) groups excluding carboxylic acids is 4. The van der Waals surface area contributed by atoms with Crippen LogP contribution in [0.15, 0.2) is 10.5 Å². The monoisotopic (exact) mass is 517 g/mol. The highest BCUT2D eigenvalue weighted by Crippen LogP contribution is 2.43. The molecule has 0 aromatic carbocycles. The molecule has 1 aromatic rings. The molecule has 34 heavy (non-hydrogen) atoms. The SMILES string of the molecule is CCOC(=O)OOC(=O)C1(COC)CS[C@@H]2C(NC(=O)C(=NOC)c3csc(N)n3)C(=O)N2C1. The van der Waals surface area contributed by atoms with Gasteiger partial charge < -0.3 is 30.3 Å². The second-order valence-corrected chi connectivity index (χ2v) is 9.16. The number of nitrogens with two attached hydrogens (primary N) is 1. The topological polar surface area (TPSA) is 181 Å². The fourth-order valence-corrected chi connectivity index (χ4v) is 5.44. The highest BCUT2D eigenvalue weighted by Gasteiger charge is 2.58. The number of nitrogens with one attached hydrogen (secondary N) is 1. The van der Waals surface area contributed by atoms with Crippen LogP contribution in [0.3, 0.4) is 0 Å². The number of thiazole rings is 1. The van der Waals surface area contributed by atoms with Gasteiger partial charge >= 0.3 is 12.1 Å². The number of thioether (sulfide) groups is 1. The van der Waals surface area contributed by atoms with E-state index in [1.54, 1.807) is 12.3 Å². The smallest absolute Gasteiger partial charge is 0.432 e. The van der Waals surface area contributed by atoms with E-state index in [1.807, 2.05) is 0 Å². The number of methoxy groups -OCH3 is 1. The lowest BCUT2D eigenvalue weighted by Crippen LogP contribution is -2.74. The first-order valence-corrected chi connectivity index (χ1v) is 11.8. The lowest BCUT2D eigenvalue weighted by atomic mass is 9.88. The lowest BCUT2D eigenvalue weighted by molar-refractivity contribution is -0.255. The Morgan fingerprint density at radius 1 is 1.35 bits per heavy atom. The van der Waals surface area contributed by atoms with Crippen molar-refractivity contribution < 1.29 is 43.3 Å². The number of aromatic nitrogens is 1. The summed E-state index contributed by atoms with van der Waals surface area (Å²) in [6.45, 7) is 1.46. The molecule has 3 heterocycles. The minimum absolute atomic E-state index is 0.0409. The zero-order valence-electron chi connectivity index (χ0n) is 18.5. The fraction of sp³-hybridized carbons (Fsp3) is 0.556. The normalized spacial score (nSPS) is 23.9. The van der Waals surface area contributed by atoms with Crippen molar-refractivity contribution in [1.82, 2.24) is 15.2 Å². The molecule has 2 aliphatic heterocycles. The van der Waals surface area contributed by atoms with Crippen molar-refractivity contribution in [3.05, 3.63) is 11.1 Å². The van der Waals surface area contributed by atoms with Gasteiger partial charge in [0.15, 0.2) is 10.8 Å². The molecule has 186 valence electrons. The van der Waals surface area contributed by atoms with Crippen LogP contribution in [0.2, 0.25) is 0 Å². The molecule has 0 saturated carbocycles. The first-order valence-electron chi connectivity index (χ1n) is 9.86. The van der Waals surface area contributed by atoms with Gasteiger partial charge in [-0.25, -0.2) is 19.6 Å². The number of hydrogen-bond acceptors (Lipinski definition) is 14. The minimum Gasteiger partial charge on any atom is -0.432 e. The summed E-state index contributed by atoms with van der Waals surface area (Å²) >= 11 is 2.37. The highest BCUT2D eigenvalue weighted by molar-refractivity contribution is 8.00. The Balaban J connectivity index is 1.66. The number of carbonyl (C=O) groups is 4. The van der Waals surface area contributed by atoms with E-state index < -0.39 is 40.8 Å². The number of oxime groups is 1. The van der Waals surface area contributed by atoms with Crippen molar-refractivity contribution in [3.63, 3.8) is 0 Å². The quantitative estimate of drug-likeness (QED) is 0.152. The van der Waals surface area contributed by atoms with Crippen LogP contribution in [0, 0.1) is 5.41 Å². The van der Waals surface area contributed by atoms with E-state index in [-0.39, 0.29) is 42.0 Å². The molecule has 3 rings (SSSR count). The molecule has 0 aliphatic carbocycles. The molecule has 2 amide bonds. The van der Waals surface area contributed by atoms with Crippen LogP contribution in [0.25, 0.3) is 0 Å². The number of anilines is 1. The molecule has 16 heteroatoms. The van der Waals surface area contributed by atoms with E-state index in [2.05, 4.69) is 30.0 Å². The van der Waals surface area contributed by atoms with E-state index in [0.717, 1.165) is 11.3 Å². The maximum absolute atomic E-state index is 12.8. The zero-order chi connectivity index (χ0) is 24.9. The summed E-state index contributed by atoms with van der Waals surface area (Å²) in [4.78, 5) is 68.8. The van der Waals surface area contributed by atoms with E-state index in [1.165, 1.54) is 30.9 Å². The zero-order valence-corrected chi connectivity index (χ0v) is 20.1. The second-order valence-electron chi connectivity index (χ2n) is 7.16. The molecule has 2 unspecified atom stereocenters. The van der Waals surface area contributed by atoms with Gasteiger partial charge in [0.2, 0.25) is 5.91 Å². The van der Waals surface area contributed by atoms with E-state index in [9.17, 15) is 19.2 Å². The predicted octanol–water partition coefficient (Wildman–Crippen LogP) is -0.260. The fourth-order valence-electron chi connectivity index (χ4n) is 3.38. The van der Waals surface area contributed by atoms with Crippen molar-refractivity contribution >= 4 is 57.9 Å². The molecule has 2 aliphatic rings. The summed E-state index contributed by atoms with van der Waals surface area (Å²) in [6.07, 6.45) is -1.16. The number of nitrogen functional groups attached to an aromatic ring is 1. The lowest BCUT2D eigenvalue weighted by Gasteiger charge is -2.53. The van der Waals surface area contributed by atoms with Gasteiger partial charge in [-0.2, -0.15) is 4.79 Å². The summed E-state index contributed by atoms with van der Waals surface area (Å²) < 4.78 is 9.72. The number of amides is 2. The number of rotatable bonds is 8. The van der Waals surface area contributed by atoms with Crippen molar-refractivity contribution in [2.75, 3.05) is 45.5 Å². The van der Waals surface area contributed by atoms with Gasteiger partial charge in [-0.3, -0.25) is 9.59 Å². The van der Waals surface area contributed by atoms with Crippen LogP contribution in [0.4, 0.5) is 9.93 Å².